The molecule has 0 aliphatic rings. The van der Waals surface area contributed by atoms with E-state index in [1.54, 1.807) is 18.4 Å². The number of oxazole rings is 1. The fraction of sp³-hybridized carbons (Fsp3) is 0.143. The van der Waals surface area contributed by atoms with Crippen molar-refractivity contribution in [1.29, 1.82) is 0 Å². The maximum atomic E-state index is 12.1. The SMILES string of the molecule is CN(C(=O)Cc1ccsc1)c1nc2ccccc2o1. The Hall–Kier alpha value is -2.14. The first-order valence-electron chi connectivity index (χ1n) is 5.87. The number of likely N-dealkylation sites (N-methyl/N-ethyl adjacent to an activating group) is 1. The van der Waals surface area contributed by atoms with Gasteiger partial charge in [0.05, 0.1) is 6.42 Å². The second kappa shape index (κ2) is 4.85. The van der Waals surface area contributed by atoms with Crippen LogP contribution in [-0.4, -0.2) is 17.9 Å². The van der Waals surface area contributed by atoms with Gasteiger partial charge >= 0.3 is 6.01 Å². The normalized spacial score (nSPS) is 10.8. The van der Waals surface area contributed by atoms with Gasteiger partial charge in [-0.05, 0) is 34.5 Å². The van der Waals surface area contributed by atoms with Crippen LogP contribution in [0.15, 0.2) is 45.5 Å². The zero-order chi connectivity index (χ0) is 13.2. The van der Waals surface area contributed by atoms with E-state index >= 15 is 0 Å². The molecule has 0 N–H and O–H groups in total. The van der Waals surface area contributed by atoms with E-state index in [0.717, 1.165) is 11.1 Å². The van der Waals surface area contributed by atoms with Crippen molar-refractivity contribution in [3.05, 3.63) is 46.7 Å². The standard InChI is InChI=1S/C14H12N2O2S/c1-16(13(17)8-10-6-7-19-9-10)14-15-11-4-2-3-5-12(11)18-14/h2-7,9H,8H2,1H3. The molecule has 0 unspecified atom stereocenters. The molecule has 3 aromatic rings. The molecule has 0 aliphatic heterocycles. The van der Waals surface area contributed by atoms with E-state index in [4.69, 9.17) is 4.42 Å². The van der Waals surface area contributed by atoms with Crippen molar-refractivity contribution < 1.29 is 9.21 Å². The summed E-state index contributed by atoms with van der Waals surface area (Å²) in [6, 6.07) is 9.75. The van der Waals surface area contributed by atoms with Crippen LogP contribution in [0.1, 0.15) is 5.56 Å². The minimum atomic E-state index is -0.0371. The number of nitrogens with zero attached hydrogens (tertiary/aromatic N) is 2. The molecule has 0 bridgehead atoms. The lowest BCUT2D eigenvalue weighted by Crippen LogP contribution is -2.27. The number of para-hydroxylation sites is 2. The third-order valence-electron chi connectivity index (χ3n) is 2.88. The smallest absolute Gasteiger partial charge is 0.304 e. The van der Waals surface area contributed by atoms with E-state index in [9.17, 15) is 4.79 Å². The molecule has 2 heterocycles. The summed E-state index contributed by atoms with van der Waals surface area (Å²) in [7, 11) is 1.68. The average Bonchev–Trinajstić information content (AvgIpc) is 3.05. The Morgan fingerprint density at radius 1 is 1.37 bits per heavy atom. The molecule has 0 fully saturated rings. The van der Waals surface area contributed by atoms with Crippen LogP contribution in [0.5, 0.6) is 0 Å². The average molecular weight is 272 g/mol. The third kappa shape index (κ3) is 2.37. The van der Waals surface area contributed by atoms with E-state index in [0.29, 0.717) is 18.0 Å². The number of aromatic nitrogens is 1. The molecule has 0 spiro atoms. The Kier molecular flexibility index (Phi) is 3.05. The first kappa shape index (κ1) is 11.9. The largest absolute Gasteiger partial charge is 0.423 e. The van der Waals surface area contributed by atoms with Crippen molar-refractivity contribution >= 4 is 34.4 Å². The second-order valence-corrected chi connectivity index (χ2v) is 5.01. The fourth-order valence-electron chi connectivity index (χ4n) is 1.80. The Bertz CT molecular complexity index is 670. The Morgan fingerprint density at radius 2 is 2.21 bits per heavy atom. The van der Waals surface area contributed by atoms with Crippen molar-refractivity contribution in [2.45, 2.75) is 6.42 Å². The lowest BCUT2D eigenvalue weighted by atomic mass is 10.2. The van der Waals surface area contributed by atoms with Gasteiger partial charge in [-0.25, -0.2) is 0 Å². The predicted octanol–water partition coefficient (Wildman–Crippen LogP) is 3.09. The van der Waals surface area contributed by atoms with Gasteiger partial charge in [-0.1, -0.05) is 12.1 Å². The number of anilines is 1. The minimum Gasteiger partial charge on any atom is -0.423 e. The van der Waals surface area contributed by atoms with E-state index in [-0.39, 0.29) is 5.91 Å². The number of benzene rings is 1. The molecule has 5 heteroatoms. The van der Waals surface area contributed by atoms with Crippen LogP contribution in [-0.2, 0) is 11.2 Å². The molecule has 0 aliphatic carbocycles. The van der Waals surface area contributed by atoms with E-state index in [1.807, 2.05) is 41.1 Å². The number of amides is 1. The summed E-state index contributed by atoms with van der Waals surface area (Å²) in [4.78, 5) is 17.9. The lowest BCUT2D eigenvalue weighted by Gasteiger charge is -2.11. The van der Waals surface area contributed by atoms with E-state index < -0.39 is 0 Å². The first-order valence-corrected chi connectivity index (χ1v) is 6.81. The highest BCUT2D eigenvalue weighted by Gasteiger charge is 2.17. The van der Waals surface area contributed by atoms with Crippen LogP contribution in [0, 0.1) is 0 Å². The molecule has 1 aromatic carbocycles. The predicted molar refractivity (Wildman–Crippen MR) is 75.4 cm³/mol. The molecule has 1 amide bonds. The van der Waals surface area contributed by atoms with Gasteiger partial charge in [0.25, 0.3) is 0 Å². The number of fused-ring (bicyclic) bond motifs is 1. The topological polar surface area (TPSA) is 46.3 Å². The molecular formula is C14H12N2O2S. The summed E-state index contributed by atoms with van der Waals surface area (Å²) >= 11 is 1.58. The van der Waals surface area contributed by atoms with Gasteiger partial charge in [0.15, 0.2) is 5.58 Å². The van der Waals surface area contributed by atoms with Crippen LogP contribution >= 0.6 is 11.3 Å². The van der Waals surface area contributed by atoms with Gasteiger partial charge in [0.2, 0.25) is 5.91 Å². The van der Waals surface area contributed by atoms with E-state index in [1.165, 1.54) is 4.90 Å². The molecular weight excluding hydrogens is 260 g/mol. The van der Waals surface area contributed by atoms with Gasteiger partial charge in [0, 0.05) is 7.05 Å². The highest BCUT2D eigenvalue weighted by Crippen LogP contribution is 2.21. The highest BCUT2D eigenvalue weighted by molar-refractivity contribution is 7.08. The van der Waals surface area contributed by atoms with Crippen molar-refractivity contribution in [2.24, 2.45) is 0 Å². The number of rotatable bonds is 3. The minimum absolute atomic E-state index is 0.0371. The summed E-state index contributed by atoms with van der Waals surface area (Å²) in [6.45, 7) is 0. The summed E-state index contributed by atoms with van der Waals surface area (Å²) in [5.74, 6) is -0.0371. The number of thiophene rings is 1. The monoisotopic (exact) mass is 272 g/mol. The highest BCUT2D eigenvalue weighted by atomic mass is 32.1. The fourth-order valence-corrected chi connectivity index (χ4v) is 2.47. The maximum Gasteiger partial charge on any atom is 0.304 e. The van der Waals surface area contributed by atoms with Crippen molar-refractivity contribution in [2.75, 3.05) is 11.9 Å². The van der Waals surface area contributed by atoms with E-state index in [2.05, 4.69) is 4.98 Å². The maximum absolute atomic E-state index is 12.1. The summed E-state index contributed by atoms with van der Waals surface area (Å²) < 4.78 is 5.57. The zero-order valence-electron chi connectivity index (χ0n) is 10.4. The number of hydrogen-bond donors (Lipinski definition) is 0. The van der Waals surface area contributed by atoms with Gasteiger partial charge in [-0.2, -0.15) is 16.3 Å². The molecule has 0 atom stereocenters. The molecule has 0 saturated heterocycles. The number of hydrogen-bond acceptors (Lipinski definition) is 4. The van der Waals surface area contributed by atoms with Gasteiger partial charge in [-0.15, -0.1) is 0 Å². The summed E-state index contributed by atoms with van der Waals surface area (Å²) in [6.07, 6.45) is 0.360. The Balaban J connectivity index is 1.82. The molecule has 3 rings (SSSR count). The van der Waals surface area contributed by atoms with Gasteiger partial charge in [0.1, 0.15) is 5.52 Å². The van der Waals surface area contributed by atoms with Crippen molar-refractivity contribution in [3.63, 3.8) is 0 Å². The first-order chi connectivity index (χ1) is 9.24. The molecule has 19 heavy (non-hydrogen) atoms. The van der Waals surface area contributed by atoms with Gasteiger partial charge < -0.3 is 4.42 Å². The number of carbonyl (C=O) groups is 1. The van der Waals surface area contributed by atoms with Crippen LogP contribution in [0.4, 0.5) is 6.01 Å². The van der Waals surface area contributed by atoms with Crippen LogP contribution in [0.3, 0.4) is 0 Å². The lowest BCUT2D eigenvalue weighted by molar-refractivity contribution is -0.117. The van der Waals surface area contributed by atoms with Gasteiger partial charge in [-0.3, -0.25) is 9.69 Å². The quantitative estimate of drug-likeness (QED) is 0.736. The third-order valence-corrected chi connectivity index (χ3v) is 3.61. The Labute approximate surface area is 114 Å². The Morgan fingerprint density at radius 3 is 2.95 bits per heavy atom. The molecule has 0 radical (unpaired) electrons. The van der Waals surface area contributed by atoms with Crippen LogP contribution in [0.25, 0.3) is 11.1 Å². The molecule has 2 aromatic heterocycles. The molecule has 4 nitrogen and oxygen atoms in total. The van der Waals surface area contributed by atoms with Crippen molar-refractivity contribution in [3.8, 4) is 0 Å². The molecule has 0 saturated carbocycles. The molecule has 96 valence electrons. The zero-order valence-corrected chi connectivity index (χ0v) is 11.2. The second-order valence-electron chi connectivity index (χ2n) is 4.23. The van der Waals surface area contributed by atoms with Crippen LogP contribution < -0.4 is 4.90 Å². The summed E-state index contributed by atoms with van der Waals surface area (Å²) in [5, 5.41) is 3.93. The van der Waals surface area contributed by atoms with Crippen LogP contribution in [0.2, 0.25) is 0 Å². The number of carbonyl (C=O) groups excluding carboxylic acids is 1. The van der Waals surface area contributed by atoms with Crippen molar-refractivity contribution in [1.82, 2.24) is 4.98 Å². The summed E-state index contributed by atoms with van der Waals surface area (Å²) in [5.41, 5.74) is 2.46.